The summed E-state index contributed by atoms with van der Waals surface area (Å²) in [6.07, 6.45) is 0. The van der Waals surface area contributed by atoms with Gasteiger partial charge in [0.2, 0.25) is 0 Å². The SMILES string of the molecule is Cc1c(C(=O)NNC(=O)c2cc(F)ccc2Br)oc2ccccc12. The van der Waals surface area contributed by atoms with Gasteiger partial charge in [0.25, 0.3) is 5.91 Å². The van der Waals surface area contributed by atoms with Crippen LogP contribution in [0, 0.1) is 12.7 Å². The quantitative estimate of drug-likeness (QED) is 0.655. The fraction of sp³-hybridized carbons (Fsp3) is 0.0588. The number of aryl methyl sites for hydroxylation is 1. The molecule has 0 saturated carbocycles. The molecule has 0 spiro atoms. The molecule has 24 heavy (non-hydrogen) atoms. The second-order valence-electron chi connectivity index (χ2n) is 5.08. The lowest BCUT2D eigenvalue weighted by molar-refractivity contribution is 0.0831. The third-order valence-corrected chi connectivity index (χ3v) is 4.20. The molecule has 0 aliphatic heterocycles. The van der Waals surface area contributed by atoms with Gasteiger partial charge in [0.15, 0.2) is 5.76 Å². The third-order valence-electron chi connectivity index (χ3n) is 3.51. The summed E-state index contributed by atoms with van der Waals surface area (Å²) in [5.41, 5.74) is 5.83. The van der Waals surface area contributed by atoms with Crippen molar-refractivity contribution in [3.8, 4) is 0 Å². The number of benzene rings is 2. The minimum absolute atomic E-state index is 0.0663. The van der Waals surface area contributed by atoms with E-state index in [2.05, 4.69) is 26.8 Å². The molecule has 3 rings (SSSR count). The second kappa shape index (κ2) is 6.45. The van der Waals surface area contributed by atoms with Crippen LogP contribution < -0.4 is 10.9 Å². The number of rotatable bonds is 2. The molecule has 0 radical (unpaired) electrons. The van der Waals surface area contributed by atoms with Crippen LogP contribution in [0.3, 0.4) is 0 Å². The summed E-state index contributed by atoms with van der Waals surface area (Å²) in [6, 6.07) is 10.9. The highest BCUT2D eigenvalue weighted by Crippen LogP contribution is 2.24. The molecule has 2 N–H and O–H groups in total. The number of para-hydroxylation sites is 1. The lowest BCUT2D eigenvalue weighted by atomic mass is 10.1. The highest BCUT2D eigenvalue weighted by molar-refractivity contribution is 9.10. The number of nitrogens with one attached hydrogen (secondary N) is 2. The first kappa shape index (κ1) is 16.2. The summed E-state index contributed by atoms with van der Waals surface area (Å²) >= 11 is 3.16. The zero-order chi connectivity index (χ0) is 17.3. The largest absolute Gasteiger partial charge is 0.451 e. The van der Waals surface area contributed by atoms with Crippen molar-refractivity contribution in [2.24, 2.45) is 0 Å². The number of furan rings is 1. The first-order chi connectivity index (χ1) is 11.5. The van der Waals surface area contributed by atoms with E-state index in [1.165, 1.54) is 12.1 Å². The molecule has 1 heterocycles. The lowest BCUT2D eigenvalue weighted by Crippen LogP contribution is -2.41. The number of halogens is 2. The molecular formula is C17H12BrFN2O3. The van der Waals surface area contributed by atoms with Crippen LogP contribution in [0.4, 0.5) is 4.39 Å². The van der Waals surface area contributed by atoms with Crippen molar-refractivity contribution in [2.75, 3.05) is 0 Å². The Kier molecular flexibility index (Phi) is 4.35. The number of carbonyl (C=O) groups excluding carboxylic acids is 2. The molecular weight excluding hydrogens is 379 g/mol. The number of hydrazine groups is 1. The minimum Gasteiger partial charge on any atom is -0.451 e. The predicted octanol–water partition coefficient (Wildman–Crippen LogP) is 3.72. The van der Waals surface area contributed by atoms with Gasteiger partial charge in [-0.1, -0.05) is 18.2 Å². The van der Waals surface area contributed by atoms with E-state index in [9.17, 15) is 14.0 Å². The highest BCUT2D eigenvalue weighted by Gasteiger charge is 2.18. The first-order valence-electron chi connectivity index (χ1n) is 7.01. The molecule has 122 valence electrons. The Morgan fingerprint density at radius 2 is 1.79 bits per heavy atom. The van der Waals surface area contributed by atoms with Crippen molar-refractivity contribution in [1.82, 2.24) is 10.9 Å². The molecule has 0 fully saturated rings. The summed E-state index contributed by atoms with van der Waals surface area (Å²) in [5, 5.41) is 0.821. The van der Waals surface area contributed by atoms with Crippen molar-refractivity contribution in [1.29, 1.82) is 0 Å². The molecule has 2 aromatic carbocycles. The summed E-state index contributed by atoms with van der Waals surface area (Å²) in [4.78, 5) is 24.3. The van der Waals surface area contributed by atoms with Crippen molar-refractivity contribution < 1.29 is 18.4 Å². The second-order valence-corrected chi connectivity index (χ2v) is 5.94. The van der Waals surface area contributed by atoms with Gasteiger partial charge in [-0.2, -0.15) is 0 Å². The lowest BCUT2D eigenvalue weighted by Gasteiger charge is -2.08. The monoisotopic (exact) mass is 390 g/mol. The summed E-state index contributed by atoms with van der Waals surface area (Å²) in [7, 11) is 0. The number of fused-ring (bicyclic) bond motifs is 1. The molecule has 7 heteroatoms. The average Bonchev–Trinajstić information content (AvgIpc) is 2.92. The Hall–Kier alpha value is -2.67. The standard InChI is InChI=1S/C17H12BrFN2O3/c1-9-11-4-2-3-5-14(11)24-15(9)17(23)21-20-16(22)12-8-10(19)6-7-13(12)18/h2-8H,1H3,(H,20,22)(H,21,23). The predicted molar refractivity (Wildman–Crippen MR) is 90.0 cm³/mol. The van der Waals surface area contributed by atoms with E-state index in [1.807, 2.05) is 12.1 Å². The van der Waals surface area contributed by atoms with Crippen molar-refractivity contribution in [2.45, 2.75) is 6.92 Å². The van der Waals surface area contributed by atoms with E-state index in [0.717, 1.165) is 11.5 Å². The summed E-state index contributed by atoms with van der Waals surface area (Å²) < 4.78 is 19.2. The van der Waals surface area contributed by atoms with Gasteiger partial charge in [0, 0.05) is 15.4 Å². The smallest absolute Gasteiger partial charge is 0.305 e. The topological polar surface area (TPSA) is 71.3 Å². The fourth-order valence-corrected chi connectivity index (χ4v) is 2.73. The van der Waals surface area contributed by atoms with Crippen LogP contribution in [0.15, 0.2) is 51.4 Å². The zero-order valence-corrected chi connectivity index (χ0v) is 14.1. The molecule has 3 aromatic rings. The van der Waals surface area contributed by atoms with Gasteiger partial charge in [-0.25, -0.2) is 4.39 Å². The number of carbonyl (C=O) groups is 2. The van der Waals surface area contributed by atoms with Crippen LogP contribution in [0.25, 0.3) is 11.0 Å². The van der Waals surface area contributed by atoms with Crippen molar-refractivity contribution in [3.05, 3.63) is 69.6 Å². The molecule has 0 aliphatic rings. The van der Waals surface area contributed by atoms with Crippen LogP contribution in [0.5, 0.6) is 0 Å². The fourth-order valence-electron chi connectivity index (χ4n) is 2.30. The highest BCUT2D eigenvalue weighted by atomic mass is 79.9. The van der Waals surface area contributed by atoms with Crippen LogP contribution in [0.2, 0.25) is 0 Å². The van der Waals surface area contributed by atoms with Crippen LogP contribution >= 0.6 is 15.9 Å². The molecule has 0 bridgehead atoms. The maximum absolute atomic E-state index is 13.2. The van der Waals surface area contributed by atoms with Gasteiger partial charge < -0.3 is 4.42 Å². The Labute approximate surface area is 144 Å². The van der Waals surface area contributed by atoms with Gasteiger partial charge in [0.1, 0.15) is 11.4 Å². The molecule has 0 aliphatic carbocycles. The van der Waals surface area contributed by atoms with Crippen LogP contribution in [-0.4, -0.2) is 11.8 Å². The zero-order valence-electron chi connectivity index (χ0n) is 12.5. The van der Waals surface area contributed by atoms with E-state index < -0.39 is 17.6 Å². The van der Waals surface area contributed by atoms with E-state index in [0.29, 0.717) is 15.6 Å². The maximum Gasteiger partial charge on any atom is 0.305 e. The minimum atomic E-state index is -0.650. The van der Waals surface area contributed by atoms with Crippen LogP contribution in [-0.2, 0) is 0 Å². The van der Waals surface area contributed by atoms with E-state index in [-0.39, 0.29) is 11.3 Å². The van der Waals surface area contributed by atoms with Gasteiger partial charge in [-0.3, -0.25) is 20.4 Å². The Balaban J connectivity index is 1.76. The number of hydrogen-bond acceptors (Lipinski definition) is 3. The molecule has 0 unspecified atom stereocenters. The van der Waals surface area contributed by atoms with Gasteiger partial charge >= 0.3 is 5.91 Å². The number of hydrogen-bond donors (Lipinski definition) is 2. The van der Waals surface area contributed by atoms with E-state index in [1.54, 1.807) is 19.1 Å². The van der Waals surface area contributed by atoms with Gasteiger partial charge in [-0.15, -0.1) is 0 Å². The summed E-state index contributed by atoms with van der Waals surface area (Å²) in [5.74, 6) is -1.69. The maximum atomic E-state index is 13.2. The third kappa shape index (κ3) is 3.03. The Morgan fingerprint density at radius 3 is 2.54 bits per heavy atom. The normalized spacial score (nSPS) is 10.6. The van der Waals surface area contributed by atoms with Crippen molar-refractivity contribution in [3.63, 3.8) is 0 Å². The molecule has 2 amide bonds. The Morgan fingerprint density at radius 1 is 1.08 bits per heavy atom. The van der Waals surface area contributed by atoms with E-state index >= 15 is 0 Å². The first-order valence-corrected chi connectivity index (χ1v) is 7.80. The van der Waals surface area contributed by atoms with Crippen LogP contribution in [0.1, 0.15) is 26.5 Å². The van der Waals surface area contributed by atoms with E-state index in [4.69, 9.17) is 4.42 Å². The molecule has 0 atom stereocenters. The molecule has 0 saturated heterocycles. The van der Waals surface area contributed by atoms with Gasteiger partial charge in [-0.05, 0) is 47.1 Å². The van der Waals surface area contributed by atoms with Gasteiger partial charge in [0.05, 0.1) is 5.56 Å². The summed E-state index contributed by atoms with van der Waals surface area (Å²) in [6.45, 7) is 1.76. The average molecular weight is 391 g/mol. The van der Waals surface area contributed by atoms with Crippen molar-refractivity contribution >= 4 is 38.7 Å². The Bertz CT molecular complexity index is 952. The number of amides is 2. The molecule has 5 nitrogen and oxygen atoms in total. The molecule has 1 aromatic heterocycles.